The van der Waals surface area contributed by atoms with E-state index in [9.17, 15) is 72.5 Å². The van der Waals surface area contributed by atoms with Crippen LogP contribution < -0.4 is 19.8 Å². The molecule has 4 saturated carbocycles. The van der Waals surface area contributed by atoms with Crippen LogP contribution in [-0.2, 0) is 111 Å². The van der Waals surface area contributed by atoms with Crippen molar-refractivity contribution in [3.63, 3.8) is 0 Å². The zero-order valence-electron chi connectivity index (χ0n) is 82.6. The topological polar surface area (TPSA) is 469 Å². The molecule has 0 radical (unpaired) electrons. The van der Waals surface area contributed by atoms with Gasteiger partial charge in [-0.1, -0.05) is 108 Å². The highest BCUT2D eigenvalue weighted by Gasteiger charge is 2.68. The smallest absolute Gasteiger partial charge is 0.331 e. The number of nitrogens with one attached hydrogen (secondary N) is 2. The van der Waals surface area contributed by atoms with Crippen LogP contribution in [0.4, 0.5) is 0 Å². The van der Waals surface area contributed by atoms with Crippen LogP contribution >= 0.6 is 0 Å². The number of oxime groups is 2. The maximum atomic E-state index is 15.2. The first kappa shape index (κ1) is 108. The number of nitrogens with zero attached hydrogens (tertiary/aromatic N) is 6. The van der Waals surface area contributed by atoms with Gasteiger partial charge in [0.1, 0.15) is 32.0 Å². The van der Waals surface area contributed by atoms with E-state index in [-0.39, 0.29) is 178 Å². The highest BCUT2D eigenvalue weighted by molar-refractivity contribution is 7.90. The molecule has 4 amide bonds. The second-order valence-electron chi connectivity index (χ2n) is 40.0. The lowest BCUT2D eigenvalue weighted by Gasteiger charge is -2.64. The minimum Gasteiger partial charge on any atom is -0.458 e. The molecule has 6 fully saturated rings. The molecule has 3 aliphatic heterocycles. The van der Waals surface area contributed by atoms with Gasteiger partial charge in [0.15, 0.2) is 32.0 Å². The zero-order valence-corrected chi connectivity index (χ0v) is 85.9. The summed E-state index contributed by atoms with van der Waals surface area (Å²) in [4.78, 5) is 80.5. The number of aryl methyl sites for hydroxylation is 4. The molecule has 0 bridgehead atoms. The number of benzene rings is 6. The Bertz CT molecular complexity index is 6380. The number of carbonyl (C=O) groups is 5. The Balaban J connectivity index is 0.533. The molecule has 2 aromatic heterocycles. The maximum absolute atomic E-state index is 15.2. The van der Waals surface area contributed by atoms with Gasteiger partial charge >= 0.3 is 5.97 Å². The van der Waals surface area contributed by atoms with Crippen LogP contribution in [0, 0.1) is 48.3 Å². The first-order valence-corrected chi connectivity index (χ1v) is 56.4. The number of esters is 1. The summed E-state index contributed by atoms with van der Waals surface area (Å²) in [6.07, 6.45) is 5.13. The number of cyclic esters (lactones) is 1. The lowest BCUT2D eigenvalue weighted by molar-refractivity contribution is -0.645. The number of aliphatic hydroxyl groups is 3. The fourth-order valence-corrected chi connectivity index (χ4v) is 26.9. The van der Waals surface area contributed by atoms with Gasteiger partial charge in [0.05, 0.1) is 102 Å². The molecule has 18 atom stereocenters. The number of rotatable bonds is 46. The number of sulfonamides is 2. The van der Waals surface area contributed by atoms with Gasteiger partial charge in [-0.15, -0.1) is 0 Å². The number of aromatic nitrogens is 2. The van der Waals surface area contributed by atoms with Gasteiger partial charge in [-0.3, -0.25) is 28.3 Å². The number of ether oxygens (including phenoxy) is 7. The van der Waals surface area contributed by atoms with Crippen molar-refractivity contribution in [2.45, 2.75) is 286 Å². The van der Waals surface area contributed by atoms with Crippen LogP contribution in [0.25, 0.3) is 43.6 Å². The second-order valence-corrected chi connectivity index (χ2v) is 46.9. The quantitative estimate of drug-likeness (QED) is 0.00214. The minimum absolute atomic E-state index is 0.00899. The number of amides is 4. The summed E-state index contributed by atoms with van der Waals surface area (Å²) in [5.74, 6) is -2.68. The Morgan fingerprint density at radius 2 is 1.03 bits per heavy atom. The lowest BCUT2D eigenvalue weighted by atomic mass is 9.43. The fourth-order valence-electron chi connectivity index (χ4n) is 23.1. The van der Waals surface area contributed by atoms with Crippen LogP contribution in [0.1, 0.15) is 208 Å². The number of pyridine rings is 2. The van der Waals surface area contributed by atoms with E-state index in [1.165, 1.54) is 36.7 Å². The van der Waals surface area contributed by atoms with Gasteiger partial charge in [-0.05, 0) is 214 Å². The SMILES string of the molecule is Cc1ccc(S(=O)(=O)N(CCCC(=O)NCCCCO/N=C/C[C@H](O[C@H]2[C@@H](O)C[C@H](O[C@H]3[C@@H](O)C[C@H](O[C@H]4CC[C@@]5(C)[C@H](CC[C@@H]6[C@@H]5CC[C@]5(C)[C@@H](C7=CC(=O)OC7)CC[C@]65O)C4)O[C@@H]3C)O[C@@H]2C)O[C@H](C)/C=N/OCCCCNC(=O)CCCN(C(=O)c2c3ccccc3[n+](CCCS(=O)(=O)O)c3ccccc23)S(=O)(=O)c2ccc(C)cc2)C(=O)c2c3ccccc3[n+](CCCS(=O)(=O)O)c3ccccc23)cc1. The Labute approximate surface area is 841 Å². The monoisotopic (exact) mass is 2070 g/mol. The molecule has 144 heavy (non-hydrogen) atoms. The maximum Gasteiger partial charge on any atom is 0.331 e. The molecular formula is C105H136N8O27S4+2. The normalized spacial score (nSPS) is 26.2. The molecule has 39 heteroatoms. The predicted octanol–water partition coefficient (Wildman–Crippen LogP) is 12.3. The van der Waals surface area contributed by atoms with Crippen LogP contribution in [0.5, 0.6) is 0 Å². The highest BCUT2D eigenvalue weighted by atomic mass is 32.2. The molecule has 4 aliphatic carbocycles. The molecular weight excluding hydrogens is 1930 g/mol. The third kappa shape index (κ3) is 25.2. The number of para-hydroxylation sites is 4. The van der Waals surface area contributed by atoms with Gasteiger partial charge < -0.3 is 68.8 Å². The summed E-state index contributed by atoms with van der Waals surface area (Å²) in [6, 6.07) is 39.8. The predicted molar refractivity (Wildman–Crippen MR) is 535 cm³/mol. The number of hydrogen-bond donors (Lipinski definition) is 7. The van der Waals surface area contributed by atoms with Gasteiger partial charge in [0, 0.05) is 113 Å². The van der Waals surface area contributed by atoms with Gasteiger partial charge in [-0.25, -0.2) is 30.2 Å². The molecule has 7 N–H and O–H groups in total. The van der Waals surface area contributed by atoms with E-state index in [1.807, 2.05) is 16.1 Å². The Morgan fingerprint density at radius 1 is 0.556 bits per heavy atom. The first-order chi connectivity index (χ1) is 68.7. The highest BCUT2D eigenvalue weighted by Crippen LogP contribution is 2.70. The summed E-state index contributed by atoms with van der Waals surface area (Å²) in [6.45, 7) is 14.1. The van der Waals surface area contributed by atoms with E-state index in [0.717, 1.165) is 83.1 Å². The van der Waals surface area contributed by atoms with E-state index in [4.69, 9.17) is 42.8 Å². The van der Waals surface area contributed by atoms with Crippen molar-refractivity contribution in [3.8, 4) is 0 Å². The molecule has 35 nitrogen and oxygen atoms in total. The zero-order chi connectivity index (χ0) is 103. The van der Waals surface area contributed by atoms with Crippen molar-refractivity contribution in [2.75, 3.05) is 57.5 Å². The van der Waals surface area contributed by atoms with Crippen LogP contribution in [0.3, 0.4) is 0 Å². The summed E-state index contributed by atoms with van der Waals surface area (Å²) >= 11 is 0. The molecule has 0 unspecified atom stereocenters. The number of hydrogen-bond acceptors (Lipinski definition) is 27. The van der Waals surface area contributed by atoms with Crippen molar-refractivity contribution in [1.82, 2.24) is 19.2 Å². The number of aliphatic hydroxyl groups excluding tert-OH is 2. The van der Waals surface area contributed by atoms with Crippen molar-refractivity contribution in [1.29, 1.82) is 0 Å². The van der Waals surface area contributed by atoms with Crippen LogP contribution in [0.2, 0.25) is 0 Å². The van der Waals surface area contributed by atoms with Crippen molar-refractivity contribution >= 4 is 126 Å². The summed E-state index contributed by atoms with van der Waals surface area (Å²) in [5.41, 5.74) is 3.79. The molecule has 780 valence electrons. The Morgan fingerprint density at radius 3 is 1.50 bits per heavy atom. The average Bonchev–Trinajstić information content (AvgIpc) is 1.52. The van der Waals surface area contributed by atoms with Gasteiger partial charge in [0.25, 0.3) is 52.1 Å². The largest absolute Gasteiger partial charge is 0.458 e. The average molecular weight is 2070 g/mol. The van der Waals surface area contributed by atoms with Gasteiger partial charge in [-0.2, -0.15) is 26.0 Å². The van der Waals surface area contributed by atoms with Crippen LogP contribution in [-0.4, -0.2) is 240 Å². The van der Waals surface area contributed by atoms with E-state index < -0.39 is 131 Å². The Kier molecular flexibility index (Phi) is 35.4. The molecule has 5 heterocycles. The van der Waals surface area contributed by atoms with Crippen molar-refractivity contribution < 1.29 is 134 Å². The standard InChI is InChI=1S/C105H134N8O27S4/c1-68-34-39-76(40-35-68)143(128,129)112(101(119)97-78-24-8-12-28-85(78)110(54-22-60-141(122,123)124)86-29-13-9-25-79(86)97)56-20-32-91(116)106-51-16-18-58-133-108-53-47-94(139-99-71(4)137-96(65-90(99)115)140-100-72(5)136-95(64-89(100)114)138-75-44-48-103(6)74(63-75)38-43-84-83(103)45-49-104(7)82(46-50-105(84,104)121)73-62-93(118)132-67-73)135-70(3)66-109-134-59-19-17-52-107-92(117)33-21-57-113(144(130,131)77-41-36-69(2)37-42-77)102(120)98-80-26-10-14-30-87(80)111(55-23-61-142(125,126)127)88-31-15-11-27-81(88)98/h8-15,24-31,34-37,39-42,53,62,66,70-72,74-75,82-84,89-90,94-96,99-100,114-115,121H,16-23,32-33,38,43-52,54-61,63-65,67H2,1-7H3,(H2-2,106,107,116,117,122,123,124,125,126,127)/p+2/b108-53+,109-66+/t70-,71-,72-,74-,75+,82-,83+,84-,89+,90+,94+,95+,96+,99-,100-,103+,104-,105+/m1/s1. The lowest BCUT2D eigenvalue weighted by Crippen LogP contribution is -2.62. The summed E-state index contributed by atoms with van der Waals surface area (Å²) in [5, 5.41) is 52.3. The van der Waals surface area contributed by atoms with Crippen LogP contribution in [0.15, 0.2) is 177 Å². The fraction of sp³-hybridized carbons (Fsp3) is 0.552. The van der Waals surface area contributed by atoms with Gasteiger partial charge in [0.2, 0.25) is 33.9 Å². The second kappa shape index (κ2) is 47.1. The molecule has 0 spiro atoms. The first-order valence-electron chi connectivity index (χ1n) is 50.3. The number of carbonyl (C=O) groups excluding carboxylic acids is 5. The molecule has 8 aromatic rings. The molecule has 15 rings (SSSR count). The van der Waals surface area contributed by atoms with Crippen molar-refractivity contribution in [3.05, 3.63) is 179 Å². The third-order valence-corrected chi connectivity index (χ3v) is 35.6. The number of unbranched alkanes of at least 4 members (excludes halogenated alkanes) is 2. The molecule has 7 aliphatic rings. The molecule has 2 saturated heterocycles. The summed E-state index contributed by atoms with van der Waals surface area (Å²) in [7, 11) is -17.6. The number of fused-ring (bicyclic) bond motifs is 9. The van der Waals surface area contributed by atoms with Crippen molar-refractivity contribution in [2.24, 2.45) is 44.8 Å². The van der Waals surface area contributed by atoms with E-state index in [2.05, 4.69) is 34.8 Å². The van der Waals surface area contributed by atoms with E-state index >= 15 is 9.59 Å². The van der Waals surface area contributed by atoms with E-state index in [1.54, 1.807) is 155 Å². The molecule has 6 aromatic carbocycles. The summed E-state index contributed by atoms with van der Waals surface area (Å²) < 4.78 is 174. The Hall–Kier alpha value is -9.95. The minimum atomic E-state index is -4.52. The third-order valence-electron chi connectivity index (χ3n) is 30.4. The van der Waals surface area contributed by atoms with E-state index in [0.29, 0.717) is 87.7 Å².